The summed E-state index contributed by atoms with van der Waals surface area (Å²) in [7, 11) is 1.67. The Morgan fingerprint density at radius 1 is 1.56 bits per heavy atom. The first-order valence-corrected chi connectivity index (χ1v) is 5.99. The van der Waals surface area contributed by atoms with Crippen molar-refractivity contribution in [1.82, 2.24) is 10.1 Å². The quantitative estimate of drug-likeness (QED) is 0.854. The molecule has 0 unspecified atom stereocenters. The zero-order chi connectivity index (χ0) is 13.2. The van der Waals surface area contributed by atoms with Crippen molar-refractivity contribution in [3.8, 4) is 0 Å². The molecule has 1 aromatic rings. The van der Waals surface area contributed by atoms with Crippen LogP contribution in [0, 0.1) is 6.92 Å². The third-order valence-electron chi connectivity index (χ3n) is 3.28. The molecule has 0 saturated carbocycles. The summed E-state index contributed by atoms with van der Waals surface area (Å²) < 4.78 is 10.1. The molecule has 2 heterocycles. The lowest BCUT2D eigenvalue weighted by Crippen LogP contribution is -2.47. The summed E-state index contributed by atoms with van der Waals surface area (Å²) in [5.41, 5.74) is -0.415. The van der Waals surface area contributed by atoms with Crippen molar-refractivity contribution >= 4 is 5.91 Å². The Morgan fingerprint density at radius 3 is 2.78 bits per heavy atom. The molecule has 0 bridgehead atoms. The van der Waals surface area contributed by atoms with Crippen LogP contribution in [0.4, 0.5) is 0 Å². The molecule has 0 spiro atoms. The third-order valence-corrected chi connectivity index (χ3v) is 3.28. The minimum absolute atomic E-state index is 0.186. The van der Waals surface area contributed by atoms with Gasteiger partial charge in [0.1, 0.15) is 11.3 Å². The molecular formula is C12H18N2O4. The number of carbonyl (C=O) groups excluding carboxylic acids is 1. The SMILES string of the molecule is Cc1oncc1C(=O)N(C)CC1(O)CCOCC1. The molecule has 18 heavy (non-hydrogen) atoms. The van der Waals surface area contributed by atoms with E-state index in [9.17, 15) is 9.90 Å². The van der Waals surface area contributed by atoms with E-state index < -0.39 is 5.60 Å². The molecule has 1 saturated heterocycles. The number of amides is 1. The number of nitrogens with zero attached hydrogens (tertiary/aromatic N) is 2. The zero-order valence-electron chi connectivity index (χ0n) is 10.7. The van der Waals surface area contributed by atoms with Crippen LogP contribution in [0.3, 0.4) is 0 Å². The van der Waals surface area contributed by atoms with Gasteiger partial charge in [-0.3, -0.25) is 4.79 Å². The molecular weight excluding hydrogens is 236 g/mol. The third kappa shape index (κ3) is 2.70. The molecule has 100 valence electrons. The van der Waals surface area contributed by atoms with E-state index in [0.29, 0.717) is 43.9 Å². The van der Waals surface area contributed by atoms with Crippen LogP contribution < -0.4 is 0 Å². The number of rotatable bonds is 3. The average Bonchev–Trinajstić information content (AvgIpc) is 2.74. The Bertz CT molecular complexity index is 423. The van der Waals surface area contributed by atoms with Crippen molar-refractivity contribution in [2.45, 2.75) is 25.4 Å². The second kappa shape index (κ2) is 5.07. The maximum Gasteiger partial charge on any atom is 0.258 e. The van der Waals surface area contributed by atoms with Gasteiger partial charge in [-0.25, -0.2) is 0 Å². The number of ether oxygens (including phenoxy) is 1. The van der Waals surface area contributed by atoms with Crippen LogP contribution in [0.5, 0.6) is 0 Å². The van der Waals surface area contributed by atoms with Crippen molar-refractivity contribution in [2.24, 2.45) is 0 Å². The lowest BCUT2D eigenvalue weighted by atomic mass is 9.94. The second-order valence-corrected chi connectivity index (χ2v) is 4.79. The predicted octanol–water partition coefficient (Wildman–Crippen LogP) is 0.597. The van der Waals surface area contributed by atoms with Gasteiger partial charge in [-0.05, 0) is 6.92 Å². The lowest BCUT2D eigenvalue weighted by molar-refractivity contribution is -0.0734. The smallest absolute Gasteiger partial charge is 0.258 e. The number of aliphatic hydroxyl groups is 1. The Labute approximate surface area is 106 Å². The summed E-state index contributed by atoms with van der Waals surface area (Å²) in [6, 6.07) is 0. The van der Waals surface area contributed by atoms with Crippen molar-refractivity contribution < 1.29 is 19.2 Å². The van der Waals surface area contributed by atoms with Crippen molar-refractivity contribution in [1.29, 1.82) is 0 Å². The van der Waals surface area contributed by atoms with Crippen LogP contribution in [0.1, 0.15) is 29.0 Å². The van der Waals surface area contributed by atoms with Crippen LogP contribution in [-0.4, -0.2) is 53.5 Å². The van der Waals surface area contributed by atoms with Crippen molar-refractivity contribution in [3.63, 3.8) is 0 Å². The Hall–Kier alpha value is -1.40. The van der Waals surface area contributed by atoms with E-state index in [2.05, 4.69) is 5.16 Å². The summed E-state index contributed by atoms with van der Waals surface area (Å²) in [5.74, 6) is 0.305. The lowest BCUT2D eigenvalue weighted by Gasteiger charge is -2.35. The minimum Gasteiger partial charge on any atom is -0.388 e. The monoisotopic (exact) mass is 254 g/mol. The van der Waals surface area contributed by atoms with Crippen molar-refractivity contribution in [2.75, 3.05) is 26.8 Å². The molecule has 2 rings (SSSR count). The van der Waals surface area contributed by atoms with E-state index in [1.54, 1.807) is 14.0 Å². The number of aryl methyl sites for hydroxylation is 1. The highest BCUT2D eigenvalue weighted by molar-refractivity contribution is 5.94. The standard InChI is InChI=1S/C12H18N2O4/c1-9-10(7-13-18-9)11(15)14(2)8-12(16)3-5-17-6-4-12/h7,16H,3-6,8H2,1-2H3. The first-order chi connectivity index (χ1) is 8.52. The van der Waals surface area contributed by atoms with E-state index in [0.717, 1.165) is 0 Å². The maximum absolute atomic E-state index is 12.1. The largest absolute Gasteiger partial charge is 0.388 e. The molecule has 1 aromatic heterocycles. The van der Waals surface area contributed by atoms with Crippen molar-refractivity contribution in [3.05, 3.63) is 17.5 Å². The highest BCUT2D eigenvalue weighted by Crippen LogP contribution is 2.22. The number of hydrogen-bond donors (Lipinski definition) is 1. The molecule has 1 aliphatic rings. The summed E-state index contributed by atoms with van der Waals surface area (Å²) in [5, 5.41) is 13.9. The molecule has 1 N–H and O–H groups in total. The molecule has 1 fully saturated rings. The van der Waals surface area contributed by atoms with Gasteiger partial charge in [0.15, 0.2) is 0 Å². The zero-order valence-corrected chi connectivity index (χ0v) is 10.7. The predicted molar refractivity (Wildman–Crippen MR) is 63.2 cm³/mol. The van der Waals surface area contributed by atoms with E-state index >= 15 is 0 Å². The number of likely N-dealkylation sites (N-methyl/N-ethyl adjacent to an activating group) is 1. The van der Waals surface area contributed by atoms with Gasteiger partial charge in [-0.1, -0.05) is 5.16 Å². The van der Waals surface area contributed by atoms with E-state index in [1.807, 2.05) is 0 Å². The minimum atomic E-state index is -0.853. The summed E-state index contributed by atoms with van der Waals surface area (Å²) in [6.07, 6.45) is 2.50. The van der Waals surface area contributed by atoms with Crippen LogP contribution in [0.25, 0.3) is 0 Å². The normalized spacial score (nSPS) is 18.6. The highest BCUT2D eigenvalue weighted by atomic mass is 16.5. The van der Waals surface area contributed by atoms with Gasteiger partial charge in [0.05, 0.1) is 11.8 Å². The Balaban J connectivity index is 2.01. The Morgan fingerprint density at radius 2 is 2.22 bits per heavy atom. The number of carbonyl (C=O) groups is 1. The molecule has 6 nitrogen and oxygen atoms in total. The first kappa shape index (κ1) is 13.0. The van der Waals surface area contributed by atoms with Gasteiger partial charge in [-0.15, -0.1) is 0 Å². The van der Waals surface area contributed by atoms with Gasteiger partial charge in [0.25, 0.3) is 5.91 Å². The van der Waals surface area contributed by atoms with Gasteiger partial charge in [-0.2, -0.15) is 0 Å². The van der Waals surface area contributed by atoms with Crippen LogP contribution in [-0.2, 0) is 4.74 Å². The Kier molecular flexibility index (Phi) is 3.68. The fourth-order valence-electron chi connectivity index (χ4n) is 2.13. The molecule has 0 aliphatic carbocycles. The molecule has 0 atom stereocenters. The van der Waals surface area contributed by atoms with Gasteiger partial charge < -0.3 is 19.3 Å². The maximum atomic E-state index is 12.1. The highest BCUT2D eigenvalue weighted by Gasteiger charge is 2.33. The molecule has 1 amide bonds. The summed E-state index contributed by atoms with van der Waals surface area (Å²) >= 11 is 0. The van der Waals surface area contributed by atoms with Crippen LogP contribution in [0.2, 0.25) is 0 Å². The van der Waals surface area contributed by atoms with Gasteiger partial charge in [0.2, 0.25) is 0 Å². The topological polar surface area (TPSA) is 75.8 Å². The van der Waals surface area contributed by atoms with E-state index in [4.69, 9.17) is 9.26 Å². The molecule has 1 aliphatic heterocycles. The fraction of sp³-hybridized carbons (Fsp3) is 0.667. The summed E-state index contributed by atoms with van der Waals surface area (Å²) in [6.45, 7) is 3.05. The van der Waals surface area contributed by atoms with Crippen LogP contribution >= 0.6 is 0 Å². The average molecular weight is 254 g/mol. The van der Waals surface area contributed by atoms with E-state index in [-0.39, 0.29) is 5.91 Å². The summed E-state index contributed by atoms with van der Waals surface area (Å²) in [4.78, 5) is 13.6. The molecule has 0 radical (unpaired) electrons. The first-order valence-electron chi connectivity index (χ1n) is 5.99. The van der Waals surface area contributed by atoms with Crippen LogP contribution in [0.15, 0.2) is 10.7 Å². The van der Waals surface area contributed by atoms with Gasteiger partial charge >= 0.3 is 0 Å². The van der Waals surface area contributed by atoms with E-state index in [1.165, 1.54) is 11.1 Å². The fourth-order valence-corrected chi connectivity index (χ4v) is 2.13. The van der Waals surface area contributed by atoms with Gasteiger partial charge in [0, 0.05) is 39.6 Å². The second-order valence-electron chi connectivity index (χ2n) is 4.79. The molecule has 6 heteroatoms. The number of hydrogen-bond acceptors (Lipinski definition) is 5. The number of aromatic nitrogens is 1. The molecule has 0 aromatic carbocycles.